The number of benzene rings is 3. The zero-order valence-corrected chi connectivity index (χ0v) is 18.2. The lowest BCUT2D eigenvalue weighted by molar-refractivity contribution is -0.123. The second kappa shape index (κ2) is 11.2. The molecular formula is C23H20Cl2N2O4. The molecule has 0 radical (unpaired) electrons. The Morgan fingerprint density at radius 1 is 0.968 bits per heavy atom. The first-order chi connectivity index (χ1) is 15.0. The largest absolute Gasteiger partial charge is 0.493 e. The van der Waals surface area contributed by atoms with Crippen molar-refractivity contribution < 1.29 is 19.0 Å². The summed E-state index contributed by atoms with van der Waals surface area (Å²) in [5.74, 6) is 1.28. The van der Waals surface area contributed by atoms with E-state index in [9.17, 15) is 4.79 Å². The third-order valence-electron chi connectivity index (χ3n) is 4.06. The number of amides is 1. The van der Waals surface area contributed by atoms with Crippen LogP contribution in [0.2, 0.25) is 10.0 Å². The highest BCUT2D eigenvalue weighted by Gasteiger charge is 2.06. The SMILES string of the molecule is COc1cc(/C=N\NC(=O)COc2ccc(Cl)cc2)ccc1OCc1cccc(Cl)c1. The molecule has 3 aromatic rings. The van der Waals surface area contributed by atoms with E-state index in [-0.39, 0.29) is 12.5 Å². The third kappa shape index (κ3) is 7.20. The number of carbonyl (C=O) groups is 1. The lowest BCUT2D eigenvalue weighted by atomic mass is 10.2. The Morgan fingerprint density at radius 2 is 1.77 bits per heavy atom. The lowest BCUT2D eigenvalue weighted by Crippen LogP contribution is -2.24. The quantitative estimate of drug-likeness (QED) is 0.357. The van der Waals surface area contributed by atoms with Gasteiger partial charge >= 0.3 is 0 Å². The number of halogens is 2. The van der Waals surface area contributed by atoms with Gasteiger partial charge in [-0.15, -0.1) is 0 Å². The van der Waals surface area contributed by atoms with Crippen LogP contribution < -0.4 is 19.6 Å². The molecule has 0 saturated carbocycles. The average molecular weight is 459 g/mol. The van der Waals surface area contributed by atoms with Gasteiger partial charge in [0.1, 0.15) is 12.4 Å². The van der Waals surface area contributed by atoms with Gasteiger partial charge in [-0.1, -0.05) is 35.3 Å². The van der Waals surface area contributed by atoms with Crippen LogP contribution in [-0.2, 0) is 11.4 Å². The molecule has 0 aliphatic carbocycles. The molecule has 0 aromatic heterocycles. The Hall–Kier alpha value is -3.22. The summed E-state index contributed by atoms with van der Waals surface area (Å²) in [6.07, 6.45) is 1.50. The Morgan fingerprint density at radius 3 is 2.52 bits per heavy atom. The van der Waals surface area contributed by atoms with Crippen molar-refractivity contribution in [1.82, 2.24) is 5.43 Å². The van der Waals surface area contributed by atoms with Crippen molar-refractivity contribution >= 4 is 35.3 Å². The van der Waals surface area contributed by atoms with Crippen molar-refractivity contribution in [3.05, 3.63) is 87.9 Å². The monoisotopic (exact) mass is 458 g/mol. The minimum atomic E-state index is -0.389. The molecule has 31 heavy (non-hydrogen) atoms. The van der Waals surface area contributed by atoms with E-state index in [2.05, 4.69) is 10.5 Å². The predicted octanol–water partition coefficient (Wildman–Crippen LogP) is 5.11. The summed E-state index contributed by atoms with van der Waals surface area (Å²) in [5.41, 5.74) is 4.09. The molecule has 0 spiro atoms. The smallest absolute Gasteiger partial charge is 0.277 e. The zero-order valence-electron chi connectivity index (χ0n) is 16.7. The number of ether oxygens (including phenoxy) is 3. The topological polar surface area (TPSA) is 69.2 Å². The van der Waals surface area contributed by atoms with Crippen molar-refractivity contribution in [1.29, 1.82) is 0 Å². The molecule has 0 aliphatic rings. The van der Waals surface area contributed by atoms with Crippen LogP contribution in [0.15, 0.2) is 71.8 Å². The summed E-state index contributed by atoms with van der Waals surface area (Å²) < 4.78 is 16.6. The Balaban J connectivity index is 1.51. The fourth-order valence-electron chi connectivity index (χ4n) is 2.56. The molecule has 0 fully saturated rings. The zero-order chi connectivity index (χ0) is 22.1. The fraction of sp³-hybridized carbons (Fsp3) is 0.130. The highest BCUT2D eigenvalue weighted by Crippen LogP contribution is 2.28. The number of nitrogens with zero attached hydrogens (tertiary/aromatic N) is 1. The van der Waals surface area contributed by atoms with Gasteiger partial charge in [-0.25, -0.2) is 5.43 Å². The number of methoxy groups -OCH3 is 1. The van der Waals surface area contributed by atoms with Gasteiger partial charge in [-0.2, -0.15) is 5.10 Å². The molecule has 0 saturated heterocycles. The van der Waals surface area contributed by atoms with Crippen LogP contribution in [0.4, 0.5) is 0 Å². The van der Waals surface area contributed by atoms with Gasteiger partial charge in [0.15, 0.2) is 18.1 Å². The van der Waals surface area contributed by atoms with E-state index in [1.807, 2.05) is 24.3 Å². The van der Waals surface area contributed by atoms with E-state index in [0.717, 1.165) is 11.1 Å². The average Bonchev–Trinajstić information content (AvgIpc) is 2.77. The molecular weight excluding hydrogens is 439 g/mol. The summed E-state index contributed by atoms with van der Waals surface area (Å²) in [4.78, 5) is 11.9. The first-order valence-electron chi connectivity index (χ1n) is 9.29. The van der Waals surface area contributed by atoms with E-state index >= 15 is 0 Å². The number of carbonyl (C=O) groups excluding carboxylic acids is 1. The van der Waals surface area contributed by atoms with Gasteiger partial charge in [0.25, 0.3) is 5.91 Å². The van der Waals surface area contributed by atoms with Gasteiger partial charge in [-0.05, 0) is 65.7 Å². The summed E-state index contributed by atoms with van der Waals surface area (Å²) in [6, 6.07) is 19.5. The van der Waals surface area contributed by atoms with Crippen LogP contribution in [0.25, 0.3) is 0 Å². The Labute approximate surface area is 190 Å². The number of rotatable bonds is 9. The molecule has 160 valence electrons. The molecule has 3 rings (SSSR count). The maximum Gasteiger partial charge on any atom is 0.277 e. The van der Waals surface area contributed by atoms with Crippen molar-refractivity contribution in [2.45, 2.75) is 6.61 Å². The first-order valence-corrected chi connectivity index (χ1v) is 10.0. The normalized spacial score (nSPS) is 10.7. The summed E-state index contributed by atoms with van der Waals surface area (Å²) in [6.45, 7) is 0.187. The van der Waals surface area contributed by atoms with Gasteiger partial charge in [0, 0.05) is 10.0 Å². The number of hydrazone groups is 1. The summed E-state index contributed by atoms with van der Waals surface area (Å²) in [7, 11) is 1.55. The van der Waals surface area contributed by atoms with E-state index in [1.165, 1.54) is 6.21 Å². The van der Waals surface area contributed by atoms with Crippen LogP contribution in [0, 0.1) is 0 Å². The second-order valence-electron chi connectivity index (χ2n) is 6.36. The van der Waals surface area contributed by atoms with Gasteiger partial charge in [0.2, 0.25) is 0 Å². The standard InChI is InChI=1S/C23H20Cl2N2O4/c1-29-22-12-16(5-10-21(22)31-14-17-3-2-4-19(25)11-17)13-26-27-23(28)15-30-20-8-6-18(24)7-9-20/h2-13H,14-15H2,1H3,(H,27,28)/b26-13-. The maximum atomic E-state index is 11.9. The predicted molar refractivity (Wildman–Crippen MR) is 121 cm³/mol. The van der Waals surface area contributed by atoms with E-state index in [4.69, 9.17) is 37.4 Å². The van der Waals surface area contributed by atoms with Crippen molar-refractivity contribution in [3.8, 4) is 17.2 Å². The van der Waals surface area contributed by atoms with Crippen LogP contribution >= 0.6 is 23.2 Å². The van der Waals surface area contributed by atoms with Crippen molar-refractivity contribution in [2.75, 3.05) is 13.7 Å². The molecule has 0 unspecified atom stereocenters. The highest BCUT2D eigenvalue weighted by atomic mass is 35.5. The minimum Gasteiger partial charge on any atom is -0.493 e. The van der Waals surface area contributed by atoms with Crippen molar-refractivity contribution in [2.24, 2.45) is 5.10 Å². The maximum absolute atomic E-state index is 11.9. The molecule has 0 atom stereocenters. The molecule has 0 bridgehead atoms. The van der Waals surface area contributed by atoms with Gasteiger partial charge < -0.3 is 14.2 Å². The molecule has 8 heteroatoms. The van der Waals surface area contributed by atoms with Crippen LogP contribution in [-0.4, -0.2) is 25.8 Å². The molecule has 1 amide bonds. The van der Waals surface area contributed by atoms with Crippen molar-refractivity contribution in [3.63, 3.8) is 0 Å². The molecule has 0 heterocycles. The van der Waals surface area contributed by atoms with Crippen LogP contribution in [0.3, 0.4) is 0 Å². The van der Waals surface area contributed by atoms with Crippen LogP contribution in [0.1, 0.15) is 11.1 Å². The van der Waals surface area contributed by atoms with E-state index in [1.54, 1.807) is 49.6 Å². The summed E-state index contributed by atoms with van der Waals surface area (Å²) >= 11 is 11.8. The Kier molecular flexibility index (Phi) is 8.15. The molecule has 6 nitrogen and oxygen atoms in total. The fourth-order valence-corrected chi connectivity index (χ4v) is 2.90. The van der Waals surface area contributed by atoms with Gasteiger partial charge in [-0.3, -0.25) is 4.79 Å². The highest BCUT2D eigenvalue weighted by molar-refractivity contribution is 6.30. The second-order valence-corrected chi connectivity index (χ2v) is 7.24. The lowest BCUT2D eigenvalue weighted by Gasteiger charge is -2.11. The van der Waals surface area contributed by atoms with E-state index in [0.29, 0.717) is 33.9 Å². The molecule has 0 aliphatic heterocycles. The summed E-state index contributed by atoms with van der Waals surface area (Å²) in [5, 5.41) is 5.19. The first kappa shape index (κ1) is 22.5. The molecule has 1 N–H and O–H groups in total. The Bertz CT molecular complexity index is 1060. The number of hydrogen-bond donors (Lipinski definition) is 1. The number of nitrogens with one attached hydrogen (secondary N) is 1. The van der Waals surface area contributed by atoms with E-state index < -0.39 is 0 Å². The van der Waals surface area contributed by atoms with Crippen LogP contribution in [0.5, 0.6) is 17.2 Å². The third-order valence-corrected chi connectivity index (χ3v) is 4.54. The van der Waals surface area contributed by atoms with Gasteiger partial charge in [0.05, 0.1) is 13.3 Å². The number of hydrogen-bond acceptors (Lipinski definition) is 5. The minimum absolute atomic E-state index is 0.168. The molecule has 3 aromatic carbocycles.